The fraction of sp³-hybridized carbons (Fsp3) is 0.467. The molecule has 1 aromatic carbocycles. The molecule has 43 heavy (non-hydrogen) atoms. The summed E-state index contributed by atoms with van der Waals surface area (Å²) in [5.74, 6) is 2.83. The minimum absolute atomic E-state index is 0.0111. The van der Waals surface area contributed by atoms with Crippen LogP contribution >= 0.6 is 34.5 Å². The number of rotatable bonds is 7. The highest BCUT2D eigenvalue weighted by Gasteiger charge is 2.31. The molecule has 0 bridgehead atoms. The third-order valence-corrected chi connectivity index (χ3v) is 9.05. The maximum atomic E-state index is 14.5. The number of alkyl halides is 1. The Morgan fingerprint density at radius 1 is 1.40 bits per heavy atom. The van der Waals surface area contributed by atoms with Crippen molar-refractivity contribution in [2.45, 2.75) is 53.6 Å². The van der Waals surface area contributed by atoms with Crippen molar-refractivity contribution in [3.8, 4) is 18.1 Å². The number of aromatic nitrogens is 2. The zero-order valence-electron chi connectivity index (χ0n) is 25.1. The molecular formula is C30H35ClFN5O4S2. The van der Waals surface area contributed by atoms with E-state index in [4.69, 9.17) is 27.5 Å². The number of benzene rings is 1. The van der Waals surface area contributed by atoms with Crippen LogP contribution in [0.25, 0.3) is 0 Å². The molecule has 0 N–H and O–H groups in total. The van der Waals surface area contributed by atoms with E-state index in [1.54, 1.807) is 23.3 Å². The van der Waals surface area contributed by atoms with E-state index in [2.05, 4.69) is 34.5 Å². The van der Waals surface area contributed by atoms with Crippen LogP contribution in [0.2, 0.25) is 0 Å². The number of carbonyl (C=O) groups is 2. The standard InChI is InChI=1S/C18H17FN4O2S.C12H18ClNO2S/c1-4-5-22-13-7-12(11(19)6-14(13)25-9-16(22)24)20-17-23-10-18(2,3)8-15(23)21-26-17;1-8-7-17-10(3)12(8)14(11(15)5-13)9(2)6-16-4/h1,6-7H,5,8-10H2,2-3H3;7,9H,5-6H2,1-4H3/b20-17-;. The van der Waals surface area contributed by atoms with Gasteiger partial charge in [-0.05, 0) is 43.2 Å². The number of aryl methyl sites for hydroxylation is 2. The van der Waals surface area contributed by atoms with Crippen LogP contribution in [0.1, 0.15) is 37.0 Å². The highest BCUT2D eigenvalue weighted by Crippen LogP contribution is 2.38. The number of hydrogen-bond donors (Lipinski definition) is 0. The lowest BCUT2D eigenvalue weighted by molar-refractivity contribution is -0.121. The molecule has 0 radical (unpaired) electrons. The van der Waals surface area contributed by atoms with Gasteiger partial charge in [-0.3, -0.25) is 14.5 Å². The summed E-state index contributed by atoms with van der Waals surface area (Å²) in [4.78, 5) is 33.4. The van der Waals surface area contributed by atoms with Crippen molar-refractivity contribution in [2.24, 2.45) is 10.4 Å². The number of nitrogens with zero attached hydrogens (tertiary/aromatic N) is 5. The average Bonchev–Trinajstić information content (AvgIpc) is 3.58. The molecule has 9 nitrogen and oxygen atoms in total. The zero-order chi connectivity index (χ0) is 31.5. The highest BCUT2D eigenvalue weighted by atomic mass is 35.5. The number of thiophene rings is 1. The number of anilines is 2. The lowest BCUT2D eigenvalue weighted by Crippen LogP contribution is -2.42. The summed E-state index contributed by atoms with van der Waals surface area (Å²) in [7, 11) is 1.63. The maximum Gasteiger partial charge on any atom is 0.265 e. The van der Waals surface area contributed by atoms with Crippen molar-refractivity contribution in [1.29, 1.82) is 0 Å². The summed E-state index contributed by atoms with van der Waals surface area (Å²) in [5.41, 5.74) is 2.76. The fourth-order valence-electron chi connectivity index (χ4n) is 5.14. The number of amides is 2. The van der Waals surface area contributed by atoms with E-state index >= 15 is 0 Å². The quantitative estimate of drug-likeness (QED) is 0.259. The molecule has 0 aliphatic carbocycles. The van der Waals surface area contributed by atoms with Gasteiger partial charge < -0.3 is 18.9 Å². The van der Waals surface area contributed by atoms with Gasteiger partial charge in [0, 0.05) is 42.6 Å². The first-order valence-corrected chi connectivity index (χ1v) is 15.8. The fourth-order valence-corrected chi connectivity index (χ4v) is 6.87. The van der Waals surface area contributed by atoms with Crippen molar-refractivity contribution in [1.82, 2.24) is 8.94 Å². The Bertz CT molecular complexity index is 1600. The van der Waals surface area contributed by atoms with E-state index in [0.29, 0.717) is 22.8 Å². The van der Waals surface area contributed by atoms with Gasteiger partial charge in [-0.2, -0.15) is 4.37 Å². The smallest absolute Gasteiger partial charge is 0.265 e. The van der Waals surface area contributed by atoms with Gasteiger partial charge in [-0.1, -0.05) is 19.8 Å². The Morgan fingerprint density at radius 2 is 2.14 bits per heavy atom. The first-order valence-electron chi connectivity index (χ1n) is 13.6. The van der Waals surface area contributed by atoms with Crippen LogP contribution < -0.4 is 19.3 Å². The van der Waals surface area contributed by atoms with Crippen molar-refractivity contribution >= 4 is 63.3 Å². The molecule has 13 heteroatoms. The number of hydrogen-bond acceptors (Lipinski definition) is 8. The van der Waals surface area contributed by atoms with Gasteiger partial charge >= 0.3 is 0 Å². The summed E-state index contributed by atoms with van der Waals surface area (Å²) < 4.78 is 31.4. The second kappa shape index (κ2) is 13.6. The molecule has 3 aromatic rings. The Labute approximate surface area is 264 Å². The molecule has 4 heterocycles. The number of carbonyl (C=O) groups excluding carboxylic acids is 2. The van der Waals surface area contributed by atoms with Crippen LogP contribution in [0.4, 0.5) is 21.5 Å². The molecular weight excluding hydrogens is 613 g/mol. The van der Waals surface area contributed by atoms with Crippen LogP contribution in [-0.4, -0.2) is 59.5 Å². The van der Waals surface area contributed by atoms with E-state index in [-0.39, 0.29) is 48.0 Å². The molecule has 2 aliphatic heterocycles. The van der Waals surface area contributed by atoms with E-state index in [9.17, 15) is 14.0 Å². The second-order valence-electron chi connectivity index (χ2n) is 11.2. The largest absolute Gasteiger partial charge is 0.481 e. The number of terminal acetylenes is 1. The summed E-state index contributed by atoms with van der Waals surface area (Å²) in [6.45, 7) is 11.5. The molecule has 5 rings (SSSR count). The van der Waals surface area contributed by atoms with E-state index < -0.39 is 5.82 Å². The molecule has 0 spiro atoms. The Kier molecular flexibility index (Phi) is 10.3. The monoisotopic (exact) mass is 647 g/mol. The van der Waals surface area contributed by atoms with Gasteiger partial charge in [0.1, 0.15) is 23.1 Å². The predicted molar refractivity (Wildman–Crippen MR) is 169 cm³/mol. The third kappa shape index (κ3) is 7.12. The molecule has 2 aliphatic rings. The first kappa shape index (κ1) is 32.7. The highest BCUT2D eigenvalue weighted by molar-refractivity contribution is 7.10. The van der Waals surface area contributed by atoms with Crippen LogP contribution in [0, 0.1) is 37.4 Å². The Morgan fingerprint density at radius 3 is 2.77 bits per heavy atom. The number of ether oxygens (including phenoxy) is 2. The molecule has 0 saturated heterocycles. The van der Waals surface area contributed by atoms with Gasteiger partial charge in [0.2, 0.25) is 10.7 Å². The molecule has 1 unspecified atom stereocenters. The van der Waals surface area contributed by atoms with Gasteiger partial charge in [0.15, 0.2) is 12.4 Å². The van der Waals surface area contributed by atoms with E-state index in [1.165, 1.54) is 28.6 Å². The molecule has 230 valence electrons. The van der Waals surface area contributed by atoms with Gasteiger partial charge in [0.25, 0.3) is 5.91 Å². The molecule has 2 amide bonds. The van der Waals surface area contributed by atoms with Gasteiger partial charge in [-0.25, -0.2) is 9.38 Å². The topological polar surface area (TPSA) is 89.3 Å². The number of methoxy groups -OCH3 is 1. The SMILES string of the molecule is C#CCN1C(=O)COc2cc(F)c(/N=c3\snc4n3CC(C)(C)C4)cc21.COCC(C)N(C(=O)CCl)c1c(C)csc1C. The van der Waals surface area contributed by atoms with Gasteiger partial charge in [0.05, 0.1) is 30.6 Å². The van der Waals surface area contributed by atoms with Gasteiger partial charge in [-0.15, -0.1) is 29.4 Å². The van der Waals surface area contributed by atoms with Crippen LogP contribution in [0.3, 0.4) is 0 Å². The third-order valence-electron chi connectivity index (χ3n) is 7.03. The summed E-state index contributed by atoms with van der Waals surface area (Å²) >= 11 is 8.57. The van der Waals surface area contributed by atoms with Crippen LogP contribution in [0.15, 0.2) is 22.5 Å². The number of halogens is 2. The molecule has 1 atom stereocenters. The minimum atomic E-state index is -0.515. The summed E-state index contributed by atoms with van der Waals surface area (Å²) in [6, 6.07) is 2.74. The lowest BCUT2D eigenvalue weighted by atomic mass is 9.92. The summed E-state index contributed by atoms with van der Waals surface area (Å²) in [6.07, 6.45) is 6.22. The van der Waals surface area contributed by atoms with Crippen molar-refractivity contribution in [3.63, 3.8) is 0 Å². The Hall–Kier alpha value is -3.24. The minimum Gasteiger partial charge on any atom is -0.481 e. The number of fused-ring (bicyclic) bond motifs is 2. The average molecular weight is 648 g/mol. The second-order valence-corrected chi connectivity index (χ2v) is 13.3. The normalized spacial score (nSPS) is 16.0. The summed E-state index contributed by atoms with van der Waals surface area (Å²) in [5, 5.41) is 2.05. The maximum absolute atomic E-state index is 14.5. The van der Waals surface area contributed by atoms with Crippen molar-refractivity contribution in [3.05, 3.63) is 44.4 Å². The Balaban J connectivity index is 0.000000217. The first-order chi connectivity index (χ1) is 20.4. The molecule has 0 saturated carbocycles. The predicted octanol–water partition coefficient (Wildman–Crippen LogP) is 5.23. The zero-order valence-corrected chi connectivity index (χ0v) is 27.5. The van der Waals surface area contributed by atoms with Crippen LogP contribution in [-0.2, 0) is 27.3 Å². The van der Waals surface area contributed by atoms with E-state index in [1.807, 2.05) is 25.3 Å². The molecule has 0 fully saturated rings. The van der Waals surface area contributed by atoms with Crippen molar-refractivity contribution in [2.75, 3.05) is 42.5 Å². The lowest BCUT2D eigenvalue weighted by Gasteiger charge is -2.29. The molecule has 2 aromatic heterocycles. The van der Waals surface area contributed by atoms with E-state index in [0.717, 1.165) is 34.9 Å². The van der Waals surface area contributed by atoms with Crippen molar-refractivity contribution < 1.29 is 23.5 Å². The van der Waals surface area contributed by atoms with Crippen LogP contribution in [0.5, 0.6) is 5.75 Å².